The summed E-state index contributed by atoms with van der Waals surface area (Å²) < 4.78 is 28.5. The maximum absolute atomic E-state index is 15.1. The second kappa shape index (κ2) is 12.5. The van der Waals surface area contributed by atoms with Crippen molar-refractivity contribution in [3.05, 3.63) is 88.6 Å². The summed E-state index contributed by atoms with van der Waals surface area (Å²) in [6.45, 7) is 18.7. The van der Waals surface area contributed by atoms with Crippen molar-refractivity contribution < 1.29 is 18.3 Å². The Morgan fingerprint density at radius 1 is 1.07 bits per heavy atom. The second-order valence-corrected chi connectivity index (χ2v) is 13.2. The van der Waals surface area contributed by atoms with Crippen LogP contribution in [0.15, 0.2) is 53.1 Å². The molecular formula is C34H43FN6O3. The van der Waals surface area contributed by atoms with Crippen molar-refractivity contribution in [1.82, 2.24) is 29.8 Å². The van der Waals surface area contributed by atoms with E-state index in [0.29, 0.717) is 37.5 Å². The number of nitrogens with zero attached hydrogens (tertiary/aromatic N) is 6. The molecule has 1 aliphatic rings. The van der Waals surface area contributed by atoms with E-state index in [-0.39, 0.29) is 35.1 Å². The van der Waals surface area contributed by atoms with E-state index >= 15 is 4.39 Å². The first-order chi connectivity index (χ1) is 20.8. The van der Waals surface area contributed by atoms with Gasteiger partial charge < -0.3 is 14.1 Å². The van der Waals surface area contributed by atoms with Gasteiger partial charge in [0, 0.05) is 43.2 Å². The van der Waals surface area contributed by atoms with Crippen LogP contribution >= 0.6 is 0 Å². The van der Waals surface area contributed by atoms with Gasteiger partial charge in [-0.25, -0.2) is 14.1 Å². The number of aromatic nitrogens is 4. The van der Waals surface area contributed by atoms with Gasteiger partial charge in [0.25, 0.3) is 5.91 Å². The minimum absolute atomic E-state index is 0.0164. The highest BCUT2D eigenvalue weighted by Gasteiger charge is 2.33. The number of piperazine rings is 1. The fraction of sp³-hybridized carbons (Fsp3) is 0.471. The van der Waals surface area contributed by atoms with Crippen LogP contribution in [-0.4, -0.2) is 60.9 Å². The zero-order chi connectivity index (χ0) is 31.8. The molecule has 2 aromatic carbocycles. The first-order valence-electron chi connectivity index (χ1n) is 15.3. The van der Waals surface area contributed by atoms with Crippen LogP contribution < -0.4 is 4.74 Å². The lowest BCUT2D eigenvalue weighted by Gasteiger charge is -2.44. The molecule has 2 atom stereocenters. The average molecular weight is 603 g/mol. The molecule has 0 unspecified atom stereocenters. The van der Waals surface area contributed by atoms with Crippen LogP contribution in [0.4, 0.5) is 4.39 Å². The molecule has 0 saturated carbocycles. The number of ether oxygens (including phenoxy) is 1. The summed E-state index contributed by atoms with van der Waals surface area (Å²) in [5.41, 5.74) is 3.19. The van der Waals surface area contributed by atoms with Gasteiger partial charge in [0.15, 0.2) is 17.5 Å². The summed E-state index contributed by atoms with van der Waals surface area (Å²) in [5.74, 6) is 1.59. The van der Waals surface area contributed by atoms with Gasteiger partial charge in [-0.1, -0.05) is 52.0 Å². The zero-order valence-corrected chi connectivity index (χ0v) is 27.0. The van der Waals surface area contributed by atoms with E-state index in [0.717, 1.165) is 23.0 Å². The van der Waals surface area contributed by atoms with E-state index in [1.165, 1.54) is 17.7 Å². The standard InChI is InChI=1S/C34H43FN6O3/c1-21(2)32-36-24(5)31(44-32)20-40-18-27(37-38-40)19-41-22(3)16-39(17-23(41)4)33(42)25-9-14-30(29(35)15-25)43-28-12-10-26(11-13-28)34(6,7)8/h9-15,18,21-23H,16-17,19-20H2,1-8H3/t22-,23+. The number of oxazole rings is 1. The number of rotatable bonds is 8. The number of hydrogen-bond acceptors (Lipinski definition) is 7. The predicted octanol–water partition coefficient (Wildman–Crippen LogP) is 6.71. The Bertz CT molecular complexity index is 1590. The molecule has 0 aliphatic carbocycles. The predicted molar refractivity (Wildman–Crippen MR) is 166 cm³/mol. The first kappa shape index (κ1) is 31.4. The third-order valence-corrected chi connectivity index (χ3v) is 8.16. The third kappa shape index (κ3) is 7.01. The Kier molecular flexibility index (Phi) is 8.92. The highest BCUT2D eigenvalue weighted by Crippen LogP contribution is 2.29. The Morgan fingerprint density at radius 2 is 1.75 bits per heavy atom. The first-order valence-corrected chi connectivity index (χ1v) is 15.3. The van der Waals surface area contributed by atoms with Crippen molar-refractivity contribution in [2.24, 2.45) is 0 Å². The van der Waals surface area contributed by atoms with Crippen LogP contribution in [0.25, 0.3) is 0 Å². The molecule has 0 bridgehead atoms. The minimum Gasteiger partial charge on any atom is -0.454 e. The number of benzene rings is 2. The fourth-order valence-corrected chi connectivity index (χ4v) is 5.55. The molecule has 4 aromatic rings. The van der Waals surface area contributed by atoms with Gasteiger partial charge in [0.2, 0.25) is 0 Å². The lowest BCUT2D eigenvalue weighted by atomic mass is 9.87. The molecule has 1 amide bonds. The van der Waals surface area contributed by atoms with Gasteiger partial charge in [-0.2, -0.15) is 0 Å². The average Bonchev–Trinajstić information content (AvgIpc) is 3.57. The Labute approximate surface area is 259 Å². The molecular weight excluding hydrogens is 559 g/mol. The van der Waals surface area contributed by atoms with Crippen LogP contribution in [0.1, 0.15) is 93.3 Å². The Morgan fingerprint density at radius 3 is 2.34 bits per heavy atom. The molecule has 3 heterocycles. The van der Waals surface area contributed by atoms with E-state index in [1.807, 2.05) is 37.4 Å². The normalized spacial score (nSPS) is 17.8. The highest BCUT2D eigenvalue weighted by atomic mass is 19.1. The zero-order valence-electron chi connectivity index (χ0n) is 27.0. The number of amides is 1. The van der Waals surface area contributed by atoms with Crippen molar-refractivity contribution in [2.45, 2.75) is 91.9 Å². The quantitative estimate of drug-likeness (QED) is 0.221. The van der Waals surface area contributed by atoms with E-state index in [4.69, 9.17) is 9.15 Å². The van der Waals surface area contributed by atoms with Crippen LogP contribution in [0, 0.1) is 12.7 Å². The molecule has 1 fully saturated rings. The smallest absolute Gasteiger partial charge is 0.254 e. The monoisotopic (exact) mass is 602 g/mol. The molecule has 0 spiro atoms. The summed E-state index contributed by atoms with van der Waals surface area (Å²) in [5, 5.41) is 8.69. The number of halogens is 1. The molecule has 2 aromatic heterocycles. The Hall–Kier alpha value is -4.05. The van der Waals surface area contributed by atoms with Crippen molar-refractivity contribution >= 4 is 5.91 Å². The SMILES string of the molecule is Cc1nc(C(C)C)oc1Cn1cc(CN2[C@H](C)CN(C(=O)c3ccc(Oc4ccc(C(C)(C)C)cc4)c(F)c3)C[C@@H]2C)nn1. The third-order valence-electron chi connectivity index (χ3n) is 8.16. The molecule has 0 radical (unpaired) electrons. The van der Waals surface area contributed by atoms with Gasteiger partial charge in [-0.3, -0.25) is 9.69 Å². The topological polar surface area (TPSA) is 89.5 Å². The van der Waals surface area contributed by atoms with Gasteiger partial charge in [0.1, 0.15) is 18.1 Å². The lowest BCUT2D eigenvalue weighted by Crippen LogP contribution is -2.57. The van der Waals surface area contributed by atoms with Crippen LogP contribution in [0.3, 0.4) is 0 Å². The summed E-state index contributed by atoms with van der Waals surface area (Å²) in [7, 11) is 0. The van der Waals surface area contributed by atoms with Crippen molar-refractivity contribution in [3.63, 3.8) is 0 Å². The van der Waals surface area contributed by atoms with Crippen LogP contribution in [0.2, 0.25) is 0 Å². The van der Waals surface area contributed by atoms with E-state index < -0.39 is 5.82 Å². The van der Waals surface area contributed by atoms with Crippen LogP contribution in [-0.2, 0) is 18.5 Å². The van der Waals surface area contributed by atoms with E-state index in [2.05, 4.69) is 68.7 Å². The van der Waals surface area contributed by atoms with Gasteiger partial charge >= 0.3 is 0 Å². The molecule has 10 heteroatoms. The maximum Gasteiger partial charge on any atom is 0.254 e. The van der Waals surface area contributed by atoms with Gasteiger partial charge in [-0.05, 0) is 62.1 Å². The molecule has 234 valence electrons. The van der Waals surface area contributed by atoms with Crippen molar-refractivity contribution in [1.29, 1.82) is 0 Å². The lowest BCUT2D eigenvalue weighted by molar-refractivity contribution is 0.0264. The van der Waals surface area contributed by atoms with E-state index in [9.17, 15) is 4.79 Å². The number of carbonyl (C=O) groups is 1. The minimum atomic E-state index is -0.570. The van der Waals surface area contributed by atoms with Crippen LogP contribution in [0.5, 0.6) is 11.5 Å². The van der Waals surface area contributed by atoms with Gasteiger partial charge in [0.05, 0.1) is 17.6 Å². The fourth-order valence-electron chi connectivity index (χ4n) is 5.55. The van der Waals surface area contributed by atoms with Gasteiger partial charge in [-0.15, -0.1) is 5.10 Å². The second-order valence-electron chi connectivity index (χ2n) is 13.2. The molecule has 9 nitrogen and oxygen atoms in total. The number of hydrogen-bond donors (Lipinski definition) is 0. The summed E-state index contributed by atoms with van der Waals surface area (Å²) in [6, 6.07) is 12.2. The van der Waals surface area contributed by atoms with E-state index in [1.54, 1.807) is 15.6 Å². The molecule has 5 rings (SSSR count). The van der Waals surface area contributed by atoms with Crippen molar-refractivity contribution in [3.8, 4) is 11.5 Å². The highest BCUT2D eigenvalue weighted by molar-refractivity contribution is 5.94. The summed E-state index contributed by atoms with van der Waals surface area (Å²) >= 11 is 0. The molecule has 44 heavy (non-hydrogen) atoms. The number of aryl methyl sites for hydroxylation is 1. The van der Waals surface area contributed by atoms with Crippen molar-refractivity contribution in [2.75, 3.05) is 13.1 Å². The molecule has 1 aliphatic heterocycles. The maximum atomic E-state index is 15.1. The Balaban J connectivity index is 1.19. The molecule has 0 N–H and O–H groups in total. The largest absolute Gasteiger partial charge is 0.454 e. The summed E-state index contributed by atoms with van der Waals surface area (Å²) in [6.07, 6.45) is 1.93. The number of carbonyl (C=O) groups excluding carboxylic acids is 1. The molecule has 1 saturated heterocycles. The summed E-state index contributed by atoms with van der Waals surface area (Å²) in [4.78, 5) is 22.0.